The minimum Gasteiger partial charge on any atom is -0.363 e. The van der Waals surface area contributed by atoms with Crippen LogP contribution in [0.2, 0.25) is 0 Å². The average molecular weight is 212 g/mol. The second-order valence-corrected chi connectivity index (χ2v) is 3.19. The molecular weight excluding hydrogens is 201 g/mol. The molecule has 2 N–H and O–H groups in total. The normalized spacial score (nSPS) is 27.5. The van der Waals surface area contributed by atoms with Crippen LogP contribution < -0.4 is 0 Å². The molecule has 0 aromatic heterocycles. The van der Waals surface area contributed by atoms with Crippen LogP contribution in [-0.4, -0.2) is 34.4 Å². The van der Waals surface area contributed by atoms with Gasteiger partial charge in [-0.25, -0.2) is 0 Å². The molecule has 1 rings (SSSR count). The second kappa shape index (κ2) is 3.52. The van der Waals surface area contributed by atoms with Gasteiger partial charge in [0, 0.05) is 0 Å². The molecule has 1 fully saturated rings. The van der Waals surface area contributed by atoms with Gasteiger partial charge in [-0.05, 0) is 12.8 Å². The Morgan fingerprint density at radius 3 is 2.36 bits per heavy atom. The Kier molecular flexibility index (Phi) is 2.89. The Bertz CT molecular complexity index is 224. The highest BCUT2D eigenvalue weighted by Gasteiger charge is 2.67. The quantitative estimate of drug-likeness (QED) is 0.414. The van der Waals surface area contributed by atoms with Crippen molar-refractivity contribution in [2.45, 2.75) is 37.0 Å². The van der Waals surface area contributed by atoms with Gasteiger partial charge in [0.05, 0.1) is 6.10 Å². The van der Waals surface area contributed by atoms with E-state index >= 15 is 0 Å². The van der Waals surface area contributed by atoms with E-state index < -0.39 is 24.2 Å². The Morgan fingerprint density at radius 1 is 1.36 bits per heavy atom. The zero-order valence-corrected chi connectivity index (χ0v) is 7.29. The summed E-state index contributed by atoms with van der Waals surface area (Å²) in [5, 5.41) is 17.5. The molecule has 2 atom stereocenters. The van der Waals surface area contributed by atoms with Crippen LogP contribution in [0.3, 0.4) is 0 Å². The van der Waals surface area contributed by atoms with Crippen LogP contribution in [-0.2, 0) is 4.74 Å². The van der Waals surface area contributed by atoms with Gasteiger partial charge in [-0.3, -0.25) is 0 Å². The molecule has 0 aromatic carbocycles. The van der Waals surface area contributed by atoms with Gasteiger partial charge in [-0.15, -0.1) is 6.58 Å². The van der Waals surface area contributed by atoms with Crippen molar-refractivity contribution >= 4 is 0 Å². The van der Waals surface area contributed by atoms with Crippen molar-refractivity contribution in [1.29, 1.82) is 0 Å². The fourth-order valence-corrected chi connectivity index (χ4v) is 1.16. The standard InChI is InChI=1S/C8H11F3O3/c1-2-3-4-5-6(14-5)7(12,13)8(9,10)11/h2,5-6,12-13H,1,3-4H2/t5-,6+/m1/s1. The van der Waals surface area contributed by atoms with Crippen LogP contribution in [0.25, 0.3) is 0 Å². The fourth-order valence-electron chi connectivity index (χ4n) is 1.16. The summed E-state index contributed by atoms with van der Waals surface area (Å²) in [6, 6.07) is 0. The summed E-state index contributed by atoms with van der Waals surface area (Å²) in [6.45, 7) is 3.39. The van der Waals surface area contributed by atoms with Gasteiger partial charge in [0.1, 0.15) is 6.10 Å². The summed E-state index contributed by atoms with van der Waals surface area (Å²) in [7, 11) is 0. The minimum absolute atomic E-state index is 0.313. The highest BCUT2D eigenvalue weighted by Crippen LogP contribution is 2.42. The number of ether oxygens (including phenoxy) is 1. The van der Waals surface area contributed by atoms with Gasteiger partial charge in [-0.2, -0.15) is 13.2 Å². The van der Waals surface area contributed by atoms with E-state index in [0.29, 0.717) is 12.8 Å². The van der Waals surface area contributed by atoms with Gasteiger partial charge in [0.15, 0.2) is 0 Å². The summed E-state index contributed by atoms with van der Waals surface area (Å²) in [6.07, 6.45) is -5.07. The third-order valence-electron chi connectivity index (χ3n) is 2.05. The maximum atomic E-state index is 12.0. The molecule has 14 heavy (non-hydrogen) atoms. The molecule has 1 heterocycles. The van der Waals surface area contributed by atoms with Crippen molar-refractivity contribution in [2.24, 2.45) is 0 Å². The first kappa shape index (κ1) is 11.5. The fraction of sp³-hybridized carbons (Fsp3) is 0.750. The number of epoxide rings is 1. The van der Waals surface area contributed by atoms with Gasteiger partial charge >= 0.3 is 6.18 Å². The molecule has 1 aliphatic heterocycles. The number of aliphatic hydroxyl groups is 2. The van der Waals surface area contributed by atoms with Gasteiger partial charge in [-0.1, -0.05) is 6.08 Å². The lowest BCUT2D eigenvalue weighted by atomic mass is 10.1. The molecule has 6 heteroatoms. The number of hydrogen-bond donors (Lipinski definition) is 2. The van der Waals surface area contributed by atoms with Crippen molar-refractivity contribution in [3.05, 3.63) is 12.7 Å². The van der Waals surface area contributed by atoms with E-state index in [1.54, 1.807) is 0 Å². The molecule has 0 aliphatic carbocycles. The van der Waals surface area contributed by atoms with E-state index in [2.05, 4.69) is 11.3 Å². The van der Waals surface area contributed by atoms with Gasteiger partial charge in [0.2, 0.25) is 0 Å². The molecule has 82 valence electrons. The number of rotatable bonds is 4. The lowest BCUT2D eigenvalue weighted by Gasteiger charge is -2.22. The van der Waals surface area contributed by atoms with Crippen LogP contribution in [0, 0.1) is 0 Å². The summed E-state index contributed by atoms with van der Waals surface area (Å²) >= 11 is 0. The summed E-state index contributed by atoms with van der Waals surface area (Å²) < 4.78 is 40.6. The topological polar surface area (TPSA) is 53.0 Å². The molecule has 1 aliphatic rings. The SMILES string of the molecule is C=CCC[C@H]1O[C@@H]1C(O)(O)C(F)(F)F. The van der Waals surface area contributed by atoms with Gasteiger partial charge < -0.3 is 14.9 Å². The molecule has 0 spiro atoms. The van der Waals surface area contributed by atoms with Crippen molar-refractivity contribution < 1.29 is 28.1 Å². The maximum absolute atomic E-state index is 12.0. The number of halogens is 3. The van der Waals surface area contributed by atoms with Gasteiger partial charge in [0.25, 0.3) is 5.79 Å². The average Bonchev–Trinajstić information content (AvgIpc) is 2.77. The molecule has 0 unspecified atom stereocenters. The first-order chi connectivity index (χ1) is 6.30. The summed E-state index contributed by atoms with van der Waals surface area (Å²) in [4.78, 5) is 0. The molecule has 1 saturated heterocycles. The van der Waals surface area contributed by atoms with Crippen molar-refractivity contribution in [3.8, 4) is 0 Å². The molecular formula is C8H11F3O3. The zero-order valence-electron chi connectivity index (χ0n) is 7.29. The molecule has 0 radical (unpaired) electrons. The van der Waals surface area contributed by atoms with Crippen molar-refractivity contribution in [2.75, 3.05) is 0 Å². The Labute approximate surface area is 78.8 Å². The highest BCUT2D eigenvalue weighted by molar-refractivity contribution is 4.99. The first-order valence-electron chi connectivity index (χ1n) is 4.08. The largest absolute Gasteiger partial charge is 0.445 e. The molecule has 0 bridgehead atoms. The van der Waals surface area contributed by atoms with Crippen LogP contribution in [0.1, 0.15) is 12.8 Å². The monoisotopic (exact) mass is 212 g/mol. The number of alkyl halides is 3. The van der Waals surface area contributed by atoms with E-state index in [0.717, 1.165) is 0 Å². The smallest absolute Gasteiger partial charge is 0.363 e. The first-order valence-corrected chi connectivity index (χ1v) is 4.08. The van der Waals surface area contributed by atoms with Crippen LogP contribution in [0.5, 0.6) is 0 Å². The molecule has 0 saturated carbocycles. The predicted octanol–water partition coefficient (Wildman–Crippen LogP) is 0.963. The van der Waals surface area contributed by atoms with Crippen LogP contribution in [0.15, 0.2) is 12.7 Å². The van der Waals surface area contributed by atoms with Crippen LogP contribution in [0.4, 0.5) is 13.2 Å². The molecule has 0 aromatic rings. The summed E-state index contributed by atoms with van der Waals surface area (Å²) in [5.41, 5.74) is 0. The van der Waals surface area contributed by atoms with Crippen molar-refractivity contribution in [1.82, 2.24) is 0 Å². The van der Waals surface area contributed by atoms with E-state index in [-0.39, 0.29) is 0 Å². The Balaban J connectivity index is 2.49. The summed E-state index contributed by atoms with van der Waals surface area (Å²) in [5.74, 6) is -3.74. The lowest BCUT2D eigenvalue weighted by molar-refractivity contribution is -0.355. The maximum Gasteiger partial charge on any atom is 0.445 e. The third-order valence-corrected chi connectivity index (χ3v) is 2.05. The van der Waals surface area contributed by atoms with Crippen LogP contribution >= 0.6 is 0 Å². The minimum atomic E-state index is -5.08. The van der Waals surface area contributed by atoms with E-state index in [4.69, 9.17) is 10.2 Å². The number of hydrogen-bond acceptors (Lipinski definition) is 3. The second-order valence-electron chi connectivity index (χ2n) is 3.19. The number of allylic oxidation sites excluding steroid dienone is 1. The Morgan fingerprint density at radius 2 is 1.93 bits per heavy atom. The molecule has 0 amide bonds. The van der Waals surface area contributed by atoms with E-state index in [1.165, 1.54) is 6.08 Å². The Hall–Kier alpha value is -0.590. The van der Waals surface area contributed by atoms with Crippen molar-refractivity contribution in [3.63, 3.8) is 0 Å². The van der Waals surface area contributed by atoms with E-state index in [1.807, 2.05) is 0 Å². The zero-order chi connectivity index (χ0) is 11.0. The highest BCUT2D eigenvalue weighted by atomic mass is 19.4. The third kappa shape index (κ3) is 2.08. The van der Waals surface area contributed by atoms with E-state index in [9.17, 15) is 13.2 Å². The predicted molar refractivity (Wildman–Crippen MR) is 41.3 cm³/mol. The lowest BCUT2D eigenvalue weighted by Crippen LogP contribution is -2.50. The molecule has 3 nitrogen and oxygen atoms in total.